The third-order valence-corrected chi connectivity index (χ3v) is 4.27. The Bertz CT molecular complexity index is 756. The molecule has 1 aromatic carbocycles. The summed E-state index contributed by atoms with van der Waals surface area (Å²) >= 11 is 0. The number of hydrogen-bond acceptors (Lipinski definition) is 5. The summed E-state index contributed by atoms with van der Waals surface area (Å²) in [5.41, 5.74) is -0.277. The topological polar surface area (TPSA) is 88.3 Å². The lowest BCUT2D eigenvalue weighted by atomic mass is 9.87. The van der Waals surface area contributed by atoms with Gasteiger partial charge in [-0.15, -0.1) is 0 Å². The van der Waals surface area contributed by atoms with Gasteiger partial charge in [-0.1, -0.05) is 56.3 Å². The van der Waals surface area contributed by atoms with Crippen LogP contribution in [0.1, 0.15) is 50.4 Å². The van der Waals surface area contributed by atoms with Crippen LogP contribution in [0.5, 0.6) is 0 Å². The molecule has 0 radical (unpaired) electrons. The van der Waals surface area contributed by atoms with Crippen LogP contribution in [0.3, 0.4) is 0 Å². The van der Waals surface area contributed by atoms with Gasteiger partial charge in [0.05, 0.1) is 0 Å². The molecule has 0 saturated carbocycles. The van der Waals surface area contributed by atoms with Gasteiger partial charge in [0.1, 0.15) is 12.1 Å². The first kappa shape index (κ1) is 16.2. The van der Waals surface area contributed by atoms with E-state index in [9.17, 15) is 9.59 Å². The van der Waals surface area contributed by atoms with Crippen molar-refractivity contribution in [2.75, 3.05) is 0 Å². The molecule has 1 saturated heterocycles. The number of urea groups is 1. The number of hydrogen-bond donors (Lipinski definition) is 1. The van der Waals surface area contributed by atoms with E-state index in [1.54, 1.807) is 0 Å². The van der Waals surface area contributed by atoms with Crippen LogP contribution in [0.15, 0.2) is 34.9 Å². The zero-order valence-electron chi connectivity index (χ0n) is 13.9. The summed E-state index contributed by atoms with van der Waals surface area (Å²) in [5, 5.41) is 6.70. The molecule has 1 unspecified atom stereocenters. The van der Waals surface area contributed by atoms with Crippen LogP contribution in [-0.2, 0) is 16.9 Å². The largest absolute Gasteiger partial charge is 0.337 e. The van der Waals surface area contributed by atoms with E-state index >= 15 is 0 Å². The quantitative estimate of drug-likeness (QED) is 0.852. The Balaban J connectivity index is 1.88. The first-order valence-electron chi connectivity index (χ1n) is 8.00. The molecule has 2 heterocycles. The van der Waals surface area contributed by atoms with Crippen molar-refractivity contribution in [3.8, 4) is 0 Å². The van der Waals surface area contributed by atoms with E-state index in [0.29, 0.717) is 12.2 Å². The van der Waals surface area contributed by atoms with Crippen molar-refractivity contribution in [1.82, 2.24) is 20.4 Å². The maximum absolute atomic E-state index is 13.0. The van der Waals surface area contributed by atoms with E-state index in [2.05, 4.69) is 15.5 Å². The Morgan fingerprint density at radius 1 is 1.25 bits per heavy atom. The number of amides is 3. The Labute approximate surface area is 140 Å². The molecule has 0 aliphatic carbocycles. The number of aromatic nitrogens is 2. The number of nitrogens with one attached hydrogen (secondary N) is 1. The van der Waals surface area contributed by atoms with Gasteiger partial charge in [-0.25, -0.2) is 4.79 Å². The van der Waals surface area contributed by atoms with Crippen LogP contribution in [-0.4, -0.2) is 27.0 Å². The summed E-state index contributed by atoms with van der Waals surface area (Å²) in [6, 6.07) is 8.81. The van der Waals surface area contributed by atoms with Crippen molar-refractivity contribution in [3.63, 3.8) is 0 Å². The lowest BCUT2D eigenvalue weighted by Gasteiger charge is -2.25. The van der Waals surface area contributed by atoms with E-state index in [1.165, 1.54) is 0 Å². The number of carbonyl (C=O) groups excluding carboxylic acids is 2. The van der Waals surface area contributed by atoms with Crippen molar-refractivity contribution in [2.24, 2.45) is 0 Å². The van der Waals surface area contributed by atoms with Gasteiger partial charge in [0.15, 0.2) is 5.82 Å². The van der Waals surface area contributed by atoms with Gasteiger partial charge in [-0.2, -0.15) is 4.98 Å². The molecule has 0 bridgehead atoms. The van der Waals surface area contributed by atoms with Gasteiger partial charge >= 0.3 is 6.03 Å². The number of benzene rings is 1. The van der Waals surface area contributed by atoms with Crippen LogP contribution in [0.2, 0.25) is 0 Å². The molecule has 7 nitrogen and oxygen atoms in total. The third-order valence-electron chi connectivity index (χ3n) is 4.27. The highest BCUT2D eigenvalue weighted by molar-refractivity contribution is 6.07. The first-order valence-corrected chi connectivity index (χ1v) is 8.00. The van der Waals surface area contributed by atoms with Crippen molar-refractivity contribution in [3.05, 3.63) is 47.6 Å². The van der Waals surface area contributed by atoms with E-state index in [-0.39, 0.29) is 24.3 Å². The highest BCUT2D eigenvalue weighted by Crippen LogP contribution is 2.33. The molecule has 1 N–H and O–H groups in total. The lowest BCUT2D eigenvalue weighted by Crippen LogP contribution is -2.43. The van der Waals surface area contributed by atoms with Crippen LogP contribution in [0.25, 0.3) is 0 Å². The zero-order chi connectivity index (χ0) is 17.3. The van der Waals surface area contributed by atoms with Gasteiger partial charge in [-0.05, 0) is 12.0 Å². The molecule has 1 aliphatic heterocycles. The normalized spacial score (nSPS) is 20.8. The molecule has 3 rings (SSSR count). The molecule has 0 spiro atoms. The van der Waals surface area contributed by atoms with Crippen molar-refractivity contribution < 1.29 is 14.1 Å². The Morgan fingerprint density at radius 2 is 1.96 bits per heavy atom. The fourth-order valence-electron chi connectivity index (χ4n) is 2.83. The lowest BCUT2D eigenvalue weighted by molar-refractivity contribution is -0.132. The fraction of sp³-hybridized carbons (Fsp3) is 0.412. The van der Waals surface area contributed by atoms with Gasteiger partial charge < -0.3 is 9.84 Å². The van der Waals surface area contributed by atoms with E-state index in [0.717, 1.165) is 10.5 Å². The summed E-state index contributed by atoms with van der Waals surface area (Å²) in [5.74, 6) is 0.624. The molecule has 1 fully saturated rings. The average molecular weight is 328 g/mol. The first-order chi connectivity index (χ1) is 11.5. The average Bonchev–Trinajstić information content (AvgIpc) is 3.15. The van der Waals surface area contributed by atoms with Crippen molar-refractivity contribution >= 4 is 11.9 Å². The minimum Gasteiger partial charge on any atom is -0.337 e. The molecule has 7 heteroatoms. The number of nitrogens with zero attached hydrogens (tertiary/aromatic N) is 3. The highest BCUT2D eigenvalue weighted by atomic mass is 16.5. The second-order valence-corrected chi connectivity index (χ2v) is 6.15. The third kappa shape index (κ3) is 2.55. The predicted molar refractivity (Wildman–Crippen MR) is 85.9 cm³/mol. The second kappa shape index (κ2) is 6.07. The van der Waals surface area contributed by atoms with E-state index in [1.807, 2.05) is 51.1 Å². The maximum atomic E-state index is 13.0. The molecule has 1 atom stereocenters. The Kier molecular flexibility index (Phi) is 4.09. The van der Waals surface area contributed by atoms with Crippen molar-refractivity contribution in [1.29, 1.82) is 0 Å². The summed E-state index contributed by atoms with van der Waals surface area (Å²) in [6.45, 7) is 5.73. The minimum atomic E-state index is -1.04. The van der Waals surface area contributed by atoms with Gasteiger partial charge in [0, 0.05) is 5.92 Å². The summed E-state index contributed by atoms with van der Waals surface area (Å²) in [6.07, 6.45) is 0.458. The number of rotatable bonds is 5. The van der Waals surface area contributed by atoms with Gasteiger partial charge in [0.2, 0.25) is 5.89 Å². The monoisotopic (exact) mass is 328 g/mol. The molecule has 3 amide bonds. The standard InChI is InChI=1S/C17H20N4O3/c1-4-17(12-8-6-5-7-9-12)15(22)21(16(23)19-17)10-13-18-14(11(2)3)20-24-13/h5-9,11H,4,10H2,1-3H3,(H,19,23). The summed E-state index contributed by atoms with van der Waals surface area (Å²) in [7, 11) is 0. The molecule has 1 aliphatic rings. The van der Waals surface area contributed by atoms with Crippen LogP contribution in [0, 0.1) is 0 Å². The highest BCUT2D eigenvalue weighted by Gasteiger charge is 2.51. The SMILES string of the molecule is CCC1(c2ccccc2)NC(=O)N(Cc2nc(C(C)C)no2)C1=O. The number of imide groups is 1. The molecule has 2 aromatic rings. The smallest absolute Gasteiger partial charge is 0.325 e. The molecular weight excluding hydrogens is 308 g/mol. The molecule has 24 heavy (non-hydrogen) atoms. The minimum absolute atomic E-state index is 0.0288. The Hall–Kier alpha value is -2.70. The fourth-order valence-corrected chi connectivity index (χ4v) is 2.83. The van der Waals surface area contributed by atoms with Gasteiger partial charge in [0.25, 0.3) is 5.91 Å². The summed E-state index contributed by atoms with van der Waals surface area (Å²) < 4.78 is 5.16. The zero-order valence-corrected chi connectivity index (χ0v) is 13.9. The van der Waals surface area contributed by atoms with Crippen molar-refractivity contribution in [2.45, 2.75) is 45.2 Å². The summed E-state index contributed by atoms with van der Waals surface area (Å²) in [4.78, 5) is 30.7. The predicted octanol–water partition coefficient (Wildman–Crippen LogP) is 2.55. The van der Waals surface area contributed by atoms with Gasteiger partial charge in [-0.3, -0.25) is 9.69 Å². The van der Waals surface area contributed by atoms with Crippen LogP contribution in [0.4, 0.5) is 4.79 Å². The molecule has 1 aromatic heterocycles. The molecular formula is C17H20N4O3. The van der Waals surface area contributed by atoms with Crippen LogP contribution < -0.4 is 5.32 Å². The van der Waals surface area contributed by atoms with E-state index in [4.69, 9.17) is 4.52 Å². The maximum Gasteiger partial charge on any atom is 0.325 e. The Morgan fingerprint density at radius 3 is 2.54 bits per heavy atom. The molecule has 126 valence electrons. The second-order valence-electron chi connectivity index (χ2n) is 6.15. The van der Waals surface area contributed by atoms with Crippen LogP contribution >= 0.6 is 0 Å². The number of carbonyl (C=O) groups is 2. The van der Waals surface area contributed by atoms with E-state index < -0.39 is 11.6 Å².